The molecule has 0 amide bonds. The topological polar surface area (TPSA) is 187 Å². The van der Waals surface area contributed by atoms with Crippen LogP contribution in [-0.4, -0.2) is 66.7 Å². The zero-order chi connectivity index (χ0) is 27.3. The third-order valence-corrected chi connectivity index (χ3v) is 6.48. The van der Waals surface area contributed by atoms with E-state index in [1.807, 2.05) is 4.90 Å². The molecular weight excluding hydrogens is 510 g/mol. The maximum atomic E-state index is 13.6. The van der Waals surface area contributed by atoms with Crippen LogP contribution in [0.25, 0.3) is 28.4 Å². The third-order valence-electron chi connectivity index (χ3n) is 6.48. The summed E-state index contributed by atoms with van der Waals surface area (Å²) in [6.07, 6.45) is 1.47. The Balaban J connectivity index is 1.64. The molecule has 4 N–H and O–H groups in total. The number of nitrogens with one attached hydrogen (secondary N) is 2. The highest BCUT2D eigenvalue weighted by Gasteiger charge is 2.36. The fourth-order valence-corrected chi connectivity index (χ4v) is 4.66. The number of nitro benzene ring substituents is 1. The summed E-state index contributed by atoms with van der Waals surface area (Å²) in [5.74, 6) is -1.17. The van der Waals surface area contributed by atoms with Gasteiger partial charge in [-0.25, -0.2) is 9.97 Å². The number of non-ortho nitro benzene ring substituents is 1. The zero-order valence-corrected chi connectivity index (χ0v) is 20.5. The first-order valence-corrected chi connectivity index (χ1v) is 12.0. The molecule has 14 nitrogen and oxygen atoms in total. The van der Waals surface area contributed by atoms with Crippen molar-refractivity contribution in [1.29, 1.82) is 0 Å². The van der Waals surface area contributed by atoms with Gasteiger partial charge in [-0.05, 0) is 19.1 Å². The van der Waals surface area contributed by atoms with Gasteiger partial charge in [0.15, 0.2) is 11.3 Å². The van der Waals surface area contributed by atoms with Crippen molar-refractivity contribution in [3.63, 3.8) is 0 Å². The second-order valence-electron chi connectivity index (χ2n) is 8.89. The van der Waals surface area contributed by atoms with Crippen molar-refractivity contribution in [2.24, 2.45) is 0 Å². The number of furan rings is 1. The van der Waals surface area contributed by atoms with E-state index >= 15 is 0 Å². The average Bonchev–Trinajstić information content (AvgIpc) is 3.66. The number of benzene rings is 1. The van der Waals surface area contributed by atoms with E-state index in [4.69, 9.17) is 9.15 Å². The molecule has 1 saturated heterocycles. The first-order chi connectivity index (χ1) is 18.8. The summed E-state index contributed by atoms with van der Waals surface area (Å²) in [5.41, 5.74) is 0.497. The summed E-state index contributed by atoms with van der Waals surface area (Å²) in [5, 5.41) is 33.8. The molecule has 0 saturated carbocycles. The van der Waals surface area contributed by atoms with Crippen LogP contribution in [0.2, 0.25) is 0 Å². The summed E-state index contributed by atoms with van der Waals surface area (Å²) >= 11 is 0. The number of hydrogen-bond donors (Lipinski definition) is 3. The van der Waals surface area contributed by atoms with Gasteiger partial charge in [0.1, 0.15) is 17.0 Å². The van der Waals surface area contributed by atoms with Crippen LogP contribution in [0.1, 0.15) is 21.9 Å². The van der Waals surface area contributed by atoms with E-state index in [1.165, 1.54) is 36.7 Å². The lowest BCUT2D eigenvalue weighted by atomic mass is 10.0. The van der Waals surface area contributed by atoms with E-state index in [-0.39, 0.29) is 34.2 Å². The van der Waals surface area contributed by atoms with Gasteiger partial charge < -0.3 is 29.3 Å². The number of rotatable bonds is 6. The minimum atomic E-state index is -0.735. The fourth-order valence-electron chi connectivity index (χ4n) is 4.66. The average molecular weight is 532 g/mol. The SMILES string of the molecule is Cc1ccc(C(=O)c2c(O)c(O)n(-c3nc4nc[nH]c4c(N4CCOCC4)[nH+]3)c2-c2cccc([N+](=O)[O-])c2)o1. The number of aromatic hydroxyl groups is 2. The molecule has 5 heterocycles. The Morgan fingerprint density at radius 3 is 2.72 bits per heavy atom. The number of carbonyl (C=O) groups is 1. The standard InChI is InChI=1S/C25H21N7O7/c1-13-5-6-16(39-13)20(33)17-19(14-3-2-4-15(11-14)32(36)37)31(24(35)21(17)34)25-28-22-18(26-12-27-22)23(29-25)30-7-9-38-10-8-30/h2-6,11-12,34-35H,7-10H2,1H3,(H,26,27,28,29)/p+1. The Bertz CT molecular complexity index is 1750. The van der Waals surface area contributed by atoms with Gasteiger partial charge in [-0.15, -0.1) is 0 Å². The molecule has 0 atom stereocenters. The number of aryl methyl sites for hydroxylation is 1. The van der Waals surface area contributed by atoms with Crippen LogP contribution in [0, 0.1) is 17.0 Å². The van der Waals surface area contributed by atoms with Crippen molar-refractivity contribution in [3.05, 3.63) is 69.9 Å². The maximum absolute atomic E-state index is 13.6. The molecule has 0 bridgehead atoms. The molecule has 1 aliphatic rings. The quantitative estimate of drug-likeness (QED) is 0.167. The number of ketones is 1. The van der Waals surface area contributed by atoms with E-state index in [1.54, 1.807) is 13.0 Å². The minimum absolute atomic E-state index is 0.0140. The Kier molecular flexibility index (Phi) is 5.72. The summed E-state index contributed by atoms with van der Waals surface area (Å²) in [7, 11) is 0. The predicted molar refractivity (Wildman–Crippen MR) is 135 cm³/mol. The van der Waals surface area contributed by atoms with Crippen LogP contribution >= 0.6 is 0 Å². The highest BCUT2D eigenvalue weighted by molar-refractivity contribution is 6.14. The molecule has 0 unspecified atom stereocenters. The number of imidazole rings is 1. The summed E-state index contributed by atoms with van der Waals surface area (Å²) in [4.78, 5) is 41.6. The fraction of sp³-hybridized carbons (Fsp3) is 0.200. The van der Waals surface area contributed by atoms with Crippen LogP contribution in [0.15, 0.2) is 47.1 Å². The van der Waals surface area contributed by atoms with E-state index in [9.17, 15) is 25.1 Å². The normalized spacial score (nSPS) is 13.7. The minimum Gasteiger partial charge on any atom is -0.502 e. The monoisotopic (exact) mass is 532 g/mol. The number of nitrogens with zero attached hydrogens (tertiary/aromatic N) is 5. The Morgan fingerprint density at radius 2 is 2.00 bits per heavy atom. The van der Waals surface area contributed by atoms with Crippen LogP contribution in [0.5, 0.6) is 11.6 Å². The summed E-state index contributed by atoms with van der Waals surface area (Å²) in [6, 6.07) is 8.54. The van der Waals surface area contributed by atoms with Crippen LogP contribution in [0.3, 0.4) is 0 Å². The van der Waals surface area contributed by atoms with Gasteiger partial charge >= 0.3 is 5.95 Å². The molecule has 39 heavy (non-hydrogen) atoms. The number of morpholine rings is 1. The summed E-state index contributed by atoms with van der Waals surface area (Å²) in [6.45, 7) is 3.78. The van der Waals surface area contributed by atoms with Gasteiger partial charge in [-0.3, -0.25) is 14.9 Å². The van der Waals surface area contributed by atoms with E-state index in [0.29, 0.717) is 49.0 Å². The number of carbonyl (C=O) groups excluding carboxylic acids is 1. The first kappa shape index (κ1) is 24.1. The second kappa shape index (κ2) is 9.25. The third kappa shape index (κ3) is 4.02. The molecule has 0 spiro atoms. The highest BCUT2D eigenvalue weighted by Crippen LogP contribution is 2.44. The lowest BCUT2D eigenvalue weighted by Crippen LogP contribution is -2.40. The number of hydrogen-bond acceptors (Lipinski definition) is 10. The number of H-pyrrole nitrogens is 2. The van der Waals surface area contributed by atoms with E-state index in [2.05, 4.69) is 19.9 Å². The van der Waals surface area contributed by atoms with Gasteiger partial charge in [-0.1, -0.05) is 17.1 Å². The molecule has 0 radical (unpaired) electrons. The molecule has 0 aliphatic carbocycles. The second-order valence-corrected chi connectivity index (χ2v) is 8.89. The predicted octanol–water partition coefficient (Wildman–Crippen LogP) is 2.52. The molecule has 198 valence electrons. The smallest absolute Gasteiger partial charge is 0.362 e. The molecule has 14 heteroatoms. The van der Waals surface area contributed by atoms with Crippen LogP contribution in [-0.2, 0) is 4.74 Å². The molecule has 1 fully saturated rings. The largest absolute Gasteiger partial charge is 0.502 e. The van der Waals surface area contributed by atoms with Gasteiger partial charge in [0.05, 0.1) is 37.6 Å². The van der Waals surface area contributed by atoms with Crippen molar-refractivity contribution in [3.8, 4) is 28.8 Å². The number of nitro groups is 1. The van der Waals surface area contributed by atoms with Gasteiger partial charge in [0.25, 0.3) is 11.6 Å². The maximum Gasteiger partial charge on any atom is 0.362 e. The number of ether oxygens (including phenoxy) is 1. The zero-order valence-electron chi connectivity index (χ0n) is 20.5. The van der Waals surface area contributed by atoms with E-state index in [0.717, 1.165) is 4.57 Å². The number of fused-ring (bicyclic) bond motifs is 1. The Morgan fingerprint density at radius 1 is 1.21 bits per heavy atom. The van der Waals surface area contributed by atoms with Crippen molar-refractivity contribution in [2.45, 2.75) is 6.92 Å². The summed E-state index contributed by atoms with van der Waals surface area (Å²) < 4.78 is 12.1. The number of aromatic amines is 2. The lowest BCUT2D eigenvalue weighted by molar-refractivity contribution is -0.384. The van der Waals surface area contributed by atoms with E-state index < -0.39 is 22.3 Å². The molecule has 6 rings (SSSR count). The highest BCUT2D eigenvalue weighted by atomic mass is 16.6. The number of aromatic nitrogens is 5. The van der Waals surface area contributed by atoms with Crippen molar-refractivity contribution in [2.75, 3.05) is 31.2 Å². The lowest BCUT2D eigenvalue weighted by Gasteiger charge is -2.24. The van der Waals surface area contributed by atoms with Crippen molar-refractivity contribution in [1.82, 2.24) is 19.5 Å². The molecule has 4 aromatic heterocycles. The number of anilines is 1. The van der Waals surface area contributed by atoms with Gasteiger partial charge in [-0.2, -0.15) is 4.57 Å². The van der Waals surface area contributed by atoms with Gasteiger partial charge in [0.2, 0.25) is 23.0 Å². The van der Waals surface area contributed by atoms with Gasteiger partial charge in [0, 0.05) is 17.7 Å². The first-order valence-electron chi connectivity index (χ1n) is 12.0. The van der Waals surface area contributed by atoms with Crippen molar-refractivity contribution >= 4 is 28.5 Å². The van der Waals surface area contributed by atoms with Crippen molar-refractivity contribution < 1.29 is 34.1 Å². The Labute approximate surface area is 219 Å². The molecule has 1 aromatic carbocycles. The molecule has 5 aromatic rings. The van der Waals surface area contributed by atoms with Crippen LogP contribution in [0.4, 0.5) is 11.5 Å². The Hall–Kier alpha value is -5.24. The molecular formula is C25H22N7O7+. The molecule has 1 aliphatic heterocycles. The van der Waals surface area contributed by atoms with Crippen LogP contribution < -0.4 is 9.88 Å².